The van der Waals surface area contributed by atoms with Gasteiger partial charge in [-0.3, -0.25) is 0 Å². The summed E-state index contributed by atoms with van der Waals surface area (Å²) < 4.78 is 51.9. The maximum Gasteiger partial charge on any atom is 0.573 e. The van der Waals surface area contributed by atoms with Crippen molar-refractivity contribution >= 4 is 5.69 Å². The van der Waals surface area contributed by atoms with E-state index in [1.807, 2.05) is 6.92 Å². The molecule has 2 rings (SSSR count). The molecule has 1 aliphatic carbocycles. The molecule has 1 saturated carbocycles. The van der Waals surface area contributed by atoms with Gasteiger partial charge in [0.1, 0.15) is 6.10 Å². The van der Waals surface area contributed by atoms with Crippen LogP contribution in [0.25, 0.3) is 0 Å². The Hall–Kier alpha value is -1.47. The van der Waals surface area contributed by atoms with E-state index >= 15 is 0 Å². The minimum absolute atomic E-state index is 0.0341. The fourth-order valence-electron chi connectivity index (χ4n) is 2.42. The molecule has 1 fully saturated rings. The van der Waals surface area contributed by atoms with Gasteiger partial charge in [-0.05, 0) is 25.5 Å². The number of hydrogen-bond donors (Lipinski definition) is 1. The number of para-hydroxylation sites is 2. The number of alkyl halides is 3. The van der Waals surface area contributed by atoms with Crippen LogP contribution in [-0.4, -0.2) is 38.3 Å². The fourth-order valence-corrected chi connectivity index (χ4v) is 2.42. The number of hydrogen-bond acceptors (Lipinski definition) is 4. The SMILES string of the molecule is CCOC1CC(Nc2ccccc2OC(F)(F)F)C1OC. The maximum atomic E-state index is 12.4. The quantitative estimate of drug-likeness (QED) is 0.876. The van der Waals surface area contributed by atoms with Crippen molar-refractivity contribution in [1.29, 1.82) is 0 Å². The molecule has 118 valence electrons. The Kier molecular flexibility index (Phi) is 4.95. The molecule has 4 nitrogen and oxygen atoms in total. The summed E-state index contributed by atoms with van der Waals surface area (Å²) >= 11 is 0. The van der Waals surface area contributed by atoms with Gasteiger partial charge >= 0.3 is 6.36 Å². The molecule has 7 heteroatoms. The third kappa shape index (κ3) is 4.01. The molecule has 0 aromatic heterocycles. The number of anilines is 1. The average molecular weight is 305 g/mol. The van der Waals surface area contributed by atoms with Crippen LogP contribution in [0.1, 0.15) is 13.3 Å². The third-order valence-corrected chi connectivity index (χ3v) is 3.36. The van der Waals surface area contributed by atoms with Crippen molar-refractivity contribution in [2.24, 2.45) is 0 Å². The first-order valence-electron chi connectivity index (χ1n) is 6.70. The first-order valence-corrected chi connectivity index (χ1v) is 6.70. The number of benzene rings is 1. The Bertz CT molecular complexity index is 467. The summed E-state index contributed by atoms with van der Waals surface area (Å²) in [6.07, 6.45) is -4.27. The molecule has 3 atom stereocenters. The first-order chi connectivity index (χ1) is 9.94. The van der Waals surface area contributed by atoms with Gasteiger partial charge in [0, 0.05) is 13.7 Å². The third-order valence-electron chi connectivity index (χ3n) is 3.36. The van der Waals surface area contributed by atoms with E-state index in [9.17, 15) is 13.2 Å². The highest BCUT2D eigenvalue weighted by molar-refractivity contribution is 5.57. The maximum absolute atomic E-state index is 12.4. The zero-order valence-corrected chi connectivity index (χ0v) is 11.8. The highest BCUT2D eigenvalue weighted by Gasteiger charge is 2.42. The molecule has 1 aromatic carbocycles. The molecule has 1 N–H and O–H groups in total. The van der Waals surface area contributed by atoms with Gasteiger partial charge < -0.3 is 19.5 Å². The number of nitrogens with one attached hydrogen (secondary N) is 1. The molecular formula is C14H18F3NO3. The Balaban J connectivity index is 2.03. The van der Waals surface area contributed by atoms with Crippen LogP contribution >= 0.6 is 0 Å². The largest absolute Gasteiger partial charge is 0.573 e. The van der Waals surface area contributed by atoms with Crippen molar-refractivity contribution in [1.82, 2.24) is 0 Å². The summed E-state index contributed by atoms with van der Waals surface area (Å²) in [7, 11) is 1.56. The van der Waals surface area contributed by atoms with Crippen LogP contribution in [0, 0.1) is 0 Å². The Morgan fingerprint density at radius 1 is 1.29 bits per heavy atom. The van der Waals surface area contributed by atoms with Gasteiger partial charge in [0.05, 0.1) is 17.8 Å². The van der Waals surface area contributed by atoms with Gasteiger partial charge in [-0.1, -0.05) is 12.1 Å². The predicted octanol–water partition coefficient (Wildman–Crippen LogP) is 3.19. The topological polar surface area (TPSA) is 39.7 Å². The molecule has 0 heterocycles. The molecule has 3 unspecified atom stereocenters. The second-order valence-corrected chi connectivity index (χ2v) is 4.72. The van der Waals surface area contributed by atoms with Crippen LogP contribution in [0.4, 0.5) is 18.9 Å². The summed E-state index contributed by atoms with van der Waals surface area (Å²) in [6, 6.07) is 5.85. The van der Waals surface area contributed by atoms with Gasteiger partial charge in [0.2, 0.25) is 0 Å². The Morgan fingerprint density at radius 2 is 2.00 bits per heavy atom. The van der Waals surface area contributed by atoms with E-state index < -0.39 is 6.36 Å². The van der Waals surface area contributed by atoms with Gasteiger partial charge in [-0.25, -0.2) is 0 Å². The second-order valence-electron chi connectivity index (χ2n) is 4.72. The van der Waals surface area contributed by atoms with Crippen molar-refractivity contribution in [3.05, 3.63) is 24.3 Å². The van der Waals surface area contributed by atoms with Crippen molar-refractivity contribution in [3.63, 3.8) is 0 Å². The molecule has 0 spiro atoms. The average Bonchev–Trinajstić information content (AvgIpc) is 2.38. The molecule has 0 aliphatic heterocycles. The second kappa shape index (κ2) is 6.53. The zero-order valence-electron chi connectivity index (χ0n) is 11.8. The van der Waals surface area contributed by atoms with E-state index in [1.165, 1.54) is 12.1 Å². The van der Waals surface area contributed by atoms with Crippen LogP contribution in [0.3, 0.4) is 0 Å². The molecule has 1 aromatic rings. The van der Waals surface area contributed by atoms with Crippen molar-refractivity contribution in [3.8, 4) is 5.75 Å². The van der Waals surface area contributed by atoms with Crippen LogP contribution in [0.15, 0.2) is 24.3 Å². The van der Waals surface area contributed by atoms with Gasteiger partial charge in [0.15, 0.2) is 5.75 Å². The van der Waals surface area contributed by atoms with E-state index in [1.54, 1.807) is 19.2 Å². The van der Waals surface area contributed by atoms with Crippen molar-refractivity contribution in [2.75, 3.05) is 19.0 Å². The van der Waals surface area contributed by atoms with Gasteiger partial charge in [-0.2, -0.15) is 0 Å². The Morgan fingerprint density at radius 3 is 2.62 bits per heavy atom. The van der Waals surface area contributed by atoms with Crippen LogP contribution in [0.2, 0.25) is 0 Å². The lowest BCUT2D eigenvalue weighted by Crippen LogP contribution is -2.56. The molecule has 0 radical (unpaired) electrons. The van der Waals surface area contributed by atoms with Crippen LogP contribution < -0.4 is 10.1 Å². The van der Waals surface area contributed by atoms with Crippen LogP contribution in [-0.2, 0) is 9.47 Å². The van der Waals surface area contributed by atoms with E-state index in [0.29, 0.717) is 13.0 Å². The molecule has 0 amide bonds. The summed E-state index contributed by atoms with van der Waals surface area (Å²) in [5.74, 6) is -0.250. The number of rotatable bonds is 6. The van der Waals surface area contributed by atoms with E-state index in [-0.39, 0.29) is 29.7 Å². The molecular weight excluding hydrogens is 287 g/mol. The first kappa shape index (κ1) is 15.9. The number of ether oxygens (including phenoxy) is 3. The smallest absolute Gasteiger partial charge is 0.404 e. The molecule has 1 aliphatic rings. The van der Waals surface area contributed by atoms with E-state index in [0.717, 1.165) is 0 Å². The molecule has 0 bridgehead atoms. The lowest BCUT2D eigenvalue weighted by molar-refractivity contribution is -0.274. The summed E-state index contributed by atoms with van der Waals surface area (Å²) in [4.78, 5) is 0. The predicted molar refractivity (Wildman–Crippen MR) is 71.4 cm³/mol. The summed E-state index contributed by atoms with van der Waals surface area (Å²) in [5, 5.41) is 3.03. The number of halogens is 3. The lowest BCUT2D eigenvalue weighted by Gasteiger charge is -2.43. The Labute approximate surface area is 121 Å². The number of methoxy groups -OCH3 is 1. The van der Waals surface area contributed by atoms with Gasteiger partial charge in [0.25, 0.3) is 0 Å². The highest BCUT2D eigenvalue weighted by atomic mass is 19.4. The van der Waals surface area contributed by atoms with Crippen molar-refractivity contribution in [2.45, 2.75) is 38.0 Å². The minimum atomic E-state index is -4.72. The monoisotopic (exact) mass is 305 g/mol. The summed E-state index contributed by atoms with van der Waals surface area (Å²) in [5.41, 5.74) is 0.289. The fraction of sp³-hybridized carbons (Fsp3) is 0.571. The lowest BCUT2D eigenvalue weighted by atomic mass is 9.85. The van der Waals surface area contributed by atoms with E-state index in [4.69, 9.17) is 9.47 Å². The highest BCUT2D eigenvalue weighted by Crippen LogP contribution is 2.35. The van der Waals surface area contributed by atoms with Crippen LogP contribution in [0.5, 0.6) is 5.75 Å². The zero-order chi connectivity index (χ0) is 15.5. The van der Waals surface area contributed by atoms with Crippen molar-refractivity contribution < 1.29 is 27.4 Å². The normalized spacial score (nSPS) is 25.3. The molecule has 21 heavy (non-hydrogen) atoms. The minimum Gasteiger partial charge on any atom is -0.404 e. The molecule has 0 saturated heterocycles. The van der Waals surface area contributed by atoms with E-state index in [2.05, 4.69) is 10.1 Å². The van der Waals surface area contributed by atoms with Gasteiger partial charge in [-0.15, -0.1) is 13.2 Å². The standard InChI is InChI=1S/C14H18F3NO3/c1-3-20-12-8-10(13(12)19-2)18-9-6-4-5-7-11(9)21-14(15,16)17/h4-7,10,12-13,18H,3,8H2,1-2H3. The summed E-state index contributed by atoms with van der Waals surface area (Å²) in [6.45, 7) is 2.46.